The maximum atomic E-state index is 13.5. The van der Waals surface area contributed by atoms with E-state index < -0.39 is 0 Å². The van der Waals surface area contributed by atoms with Crippen molar-refractivity contribution in [3.8, 4) is 0 Å². The van der Waals surface area contributed by atoms with Gasteiger partial charge in [-0.05, 0) is 68.6 Å². The molecule has 1 heterocycles. The van der Waals surface area contributed by atoms with Crippen LogP contribution in [0.4, 0.5) is 11.4 Å². The summed E-state index contributed by atoms with van der Waals surface area (Å²) in [5, 5.41) is 9.10. The minimum Gasteiger partial charge on any atom is -0.388 e. The Hall–Kier alpha value is -3.05. The highest BCUT2D eigenvalue weighted by Gasteiger charge is 2.47. The third-order valence-corrected chi connectivity index (χ3v) is 7.23. The van der Waals surface area contributed by atoms with Crippen LogP contribution in [0.3, 0.4) is 0 Å². The van der Waals surface area contributed by atoms with E-state index in [1.54, 1.807) is 0 Å². The summed E-state index contributed by atoms with van der Waals surface area (Å²) >= 11 is 0. The zero-order chi connectivity index (χ0) is 22.5. The van der Waals surface area contributed by atoms with Gasteiger partial charge in [-0.1, -0.05) is 36.4 Å². The van der Waals surface area contributed by atoms with Crippen LogP contribution in [0.1, 0.15) is 34.3 Å². The Morgan fingerprint density at radius 3 is 2.44 bits per heavy atom. The first-order chi connectivity index (χ1) is 15.4. The lowest BCUT2D eigenvalue weighted by Crippen LogP contribution is -2.57. The highest BCUT2D eigenvalue weighted by atomic mass is 16.1. The van der Waals surface area contributed by atoms with Gasteiger partial charge in [-0.25, -0.2) is 0 Å². The number of nitrogens with one attached hydrogen (secondary N) is 2. The Balaban J connectivity index is 1.41. The van der Waals surface area contributed by atoms with Crippen LogP contribution in [0.25, 0.3) is 10.8 Å². The van der Waals surface area contributed by atoms with Gasteiger partial charge in [0.15, 0.2) is 0 Å². The number of aryl methyl sites for hydroxylation is 1. The van der Waals surface area contributed by atoms with E-state index >= 15 is 0 Å². The van der Waals surface area contributed by atoms with Gasteiger partial charge in [-0.3, -0.25) is 4.79 Å². The normalized spacial score (nSPS) is 17.3. The molecular formula is C27H32N4O. The van der Waals surface area contributed by atoms with Crippen LogP contribution in [0, 0.1) is 6.92 Å². The van der Waals surface area contributed by atoms with Gasteiger partial charge in [0.25, 0.3) is 5.91 Å². The largest absolute Gasteiger partial charge is 0.388 e. The number of hydrogen-bond donors (Lipinski definition) is 2. The Morgan fingerprint density at radius 1 is 1.03 bits per heavy atom. The van der Waals surface area contributed by atoms with E-state index in [0.717, 1.165) is 48.4 Å². The predicted octanol–water partition coefficient (Wildman–Crippen LogP) is 4.36. The molecule has 2 aliphatic rings. The van der Waals surface area contributed by atoms with Crippen LogP contribution in [0.2, 0.25) is 0 Å². The molecule has 0 atom stereocenters. The molecule has 0 aromatic heterocycles. The lowest BCUT2D eigenvalue weighted by atomic mass is 9.95. The Bertz CT molecular complexity index is 1180. The molecule has 2 N–H and O–H groups in total. The molecule has 3 aromatic rings. The summed E-state index contributed by atoms with van der Waals surface area (Å²) in [5.74, 6) is 0.0216. The third kappa shape index (κ3) is 3.51. The average molecular weight is 429 g/mol. The molecule has 0 radical (unpaired) electrons. The van der Waals surface area contributed by atoms with Gasteiger partial charge < -0.3 is 20.4 Å². The lowest BCUT2D eigenvalue weighted by molar-refractivity contribution is 0.0930. The number of benzene rings is 3. The van der Waals surface area contributed by atoms with Crippen molar-refractivity contribution in [3.63, 3.8) is 0 Å². The molecule has 3 aromatic carbocycles. The third-order valence-electron chi connectivity index (χ3n) is 7.23. The summed E-state index contributed by atoms with van der Waals surface area (Å²) in [6.07, 6.45) is 1.94. The molecule has 1 amide bonds. The van der Waals surface area contributed by atoms with E-state index in [-0.39, 0.29) is 11.4 Å². The number of rotatable bonds is 6. The van der Waals surface area contributed by atoms with Crippen molar-refractivity contribution in [1.82, 2.24) is 10.2 Å². The molecule has 5 rings (SSSR count). The molecular weight excluding hydrogens is 396 g/mol. The smallest absolute Gasteiger partial charge is 0.252 e. The molecule has 2 fully saturated rings. The standard InChI is InChI=1S/C27H32N4O/c1-18-11-12-19(31-16-20(17-31)30(3)4)15-23(18)26(32)29-27(13-14-27)24-9-5-8-22-21(24)7-6-10-25(22)28-2/h5-12,15,20,28H,13-14,16-17H2,1-4H3,(H,29,32). The van der Waals surface area contributed by atoms with Crippen LogP contribution in [-0.2, 0) is 5.54 Å². The number of amides is 1. The first kappa shape index (κ1) is 20.8. The van der Waals surface area contributed by atoms with Gasteiger partial charge >= 0.3 is 0 Å². The number of hydrogen-bond acceptors (Lipinski definition) is 4. The second-order valence-electron chi connectivity index (χ2n) is 9.51. The van der Waals surface area contributed by atoms with Crippen LogP contribution in [0.5, 0.6) is 0 Å². The fourth-order valence-electron chi connectivity index (χ4n) is 4.86. The highest BCUT2D eigenvalue weighted by Crippen LogP contribution is 2.48. The van der Waals surface area contributed by atoms with Crippen molar-refractivity contribution in [1.29, 1.82) is 0 Å². The van der Waals surface area contributed by atoms with Crippen LogP contribution in [0.15, 0.2) is 54.6 Å². The Morgan fingerprint density at radius 2 is 1.75 bits per heavy atom. The summed E-state index contributed by atoms with van der Waals surface area (Å²) in [7, 11) is 6.20. The fraction of sp³-hybridized carbons (Fsp3) is 0.370. The minimum absolute atomic E-state index is 0.0216. The number of fused-ring (bicyclic) bond motifs is 1. The fourth-order valence-corrected chi connectivity index (χ4v) is 4.86. The zero-order valence-corrected chi connectivity index (χ0v) is 19.4. The zero-order valence-electron chi connectivity index (χ0n) is 19.4. The van der Waals surface area contributed by atoms with Gasteiger partial charge in [0.2, 0.25) is 0 Å². The van der Waals surface area contributed by atoms with E-state index in [0.29, 0.717) is 6.04 Å². The second kappa shape index (κ2) is 7.82. The number of likely N-dealkylation sites (N-methyl/N-ethyl adjacent to an activating group) is 1. The first-order valence-electron chi connectivity index (χ1n) is 11.5. The van der Waals surface area contributed by atoms with E-state index in [1.807, 2.05) is 14.0 Å². The van der Waals surface area contributed by atoms with Crippen molar-refractivity contribution >= 4 is 28.1 Å². The molecule has 1 saturated heterocycles. The Kier molecular flexibility index (Phi) is 5.09. The molecule has 166 valence electrons. The topological polar surface area (TPSA) is 47.6 Å². The summed E-state index contributed by atoms with van der Waals surface area (Å²) in [6, 6.07) is 19.6. The predicted molar refractivity (Wildman–Crippen MR) is 133 cm³/mol. The van der Waals surface area contributed by atoms with E-state index in [9.17, 15) is 4.79 Å². The van der Waals surface area contributed by atoms with Crippen molar-refractivity contribution < 1.29 is 4.79 Å². The summed E-state index contributed by atoms with van der Waals surface area (Å²) in [4.78, 5) is 18.1. The second-order valence-corrected chi connectivity index (χ2v) is 9.51. The number of carbonyl (C=O) groups is 1. The first-order valence-corrected chi connectivity index (χ1v) is 11.5. The van der Waals surface area contributed by atoms with E-state index in [2.05, 4.69) is 89.1 Å². The van der Waals surface area contributed by atoms with Gasteiger partial charge in [-0.2, -0.15) is 0 Å². The van der Waals surface area contributed by atoms with Crippen LogP contribution < -0.4 is 15.5 Å². The van der Waals surface area contributed by atoms with Gasteiger partial charge in [-0.15, -0.1) is 0 Å². The molecule has 1 saturated carbocycles. The molecule has 1 aliphatic heterocycles. The van der Waals surface area contributed by atoms with Crippen LogP contribution in [-0.4, -0.2) is 51.1 Å². The van der Waals surface area contributed by atoms with Crippen molar-refractivity contribution in [2.45, 2.75) is 31.3 Å². The molecule has 0 bridgehead atoms. The summed E-state index contributed by atoms with van der Waals surface area (Å²) in [5.41, 5.74) is 4.97. The quantitative estimate of drug-likeness (QED) is 0.613. The Labute approximate surface area is 190 Å². The van der Waals surface area contributed by atoms with Gasteiger partial charge in [0, 0.05) is 48.5 Å². The molecule has 0 unspecified atom stereocenters. The molecule has 1 aliphatic carbocycles. The number of nitrogens with zero attached hydrogens (tertiary/aromatic N) is 2. The average Bonchev–Trinajstić information content (AvgIpc) is 3.52. The van der Waals surface area contributed by atoms with E-state index in [1.165, 1.54) is 16.3 Å². The molecule has 32 heavy (non-hydrogen) atoms. The monoisotopic (exact) mass is 428 g/mol. The lowest BCUT2D eigenvalue weighted by Gasteiger charge is -2.44. The number of carbonyl (C=O) groups excluding carboxylic acids is 1. The maximum Gasteiger partial charge on any atom is 0.252 e. The van der Waals surface area contributed by atoms with Gasteiger partial charge in [0.1, 0.15) is 0 Å². The summed E-state index contributed by atoms with van der Waals surface area (Å²) in [6.45, 7) is 4.03. The van der Waals surface area contributed by atoms with E-state index in [4.69, 9.17) is 0 Å². The number of anilines is 2. The van der Waals surface area contributed by atoms with Crippen LogP contribution >= 0.6 is 0 Å². The highest BCUT2D eigenvalue weighted by molar-refractivity contribution is 6.00. The SMILES string of the molecule is CNc1cccc2c(C3(NC(=O)c4cc(N5CC(N(C)C)C5)ccc4C)CC3)cccc12. The van der Waals surface area contributed by atoms with Crippen molar-refractivity contribution in [2.75, 3.05) is 44.4 Å². The minimum atomic E-state index is -0.280. The van der Waals surface area contributed by atoms with Gasteiger partial charge in [0.05, 0.1) is 5.54 Å². The molecule has 5 nitrogen and oxygen atoms in total. The molecule has 0 spiro atoms. The molecule has 5 heteroatoms. The van der Waals surface area contributed by atoms with Crippen molar-refractivity contribution in [3.05, 3.63) is 71.3 Å². The summed E-state index contributed by atoms with van der Waals surface area (Å²) < 4.78 is 0. The maximum absolute atomic E-state index is 13.5. The van der Waals surface area contributed by atoms with Crippen molar-refractivity contribution in [2.24, 2.45) is 0 Å².